The lowest BCUT2D eigenvalue weighted by molar-refractivity contribution is 0.0999. The Bertz CT molecular complexity index is 1290. The molecule has 1 aromatic heterocycles. The maximum Gasteiger partial charge on any atom is 0.323 e. The number of hydrogen-bond donors (Lipinski definition) is 2. The molecule has 7 nitrogen and oxygen atoms in total. The number of para-hydroxylation sites is 2. The molecule has 32 heavy (non-hydrogen) atoms. The van der Waals surface area contributed by atoms with E-state index in [1.54, 1.807) is 78.0 Å². The SMILES string of the molecule is O=C(Nc1ccccc1)Nc1ccc2c(c1)Oc1ccccc1C(=O)N2c1ccncc1. The number of carbonyl (C=O) groups is 2. The molecule has 5 rings (SSSR count). The molecular formula is C25H18N4O3. The van der Waals surface area contributed by atoms with E-state index in [0.29, 0.717) is 39.8 Å². The van der Waals surface area contributed by atoms with Gasteiger partial charge in [0.2, 0.25) is 0 Å². The van der Waals surface area contributed by atoms with Gasteiger partial charge in [0.05, 0.1) is 16.9 Å². The molecule has 0 saturated carbocycles. The Morgan fingerprint density at radius 3 is 2.31 bits per heavy atom. The first kappa shape index (κ1) is 19.3. The standard InChI is InChI=1S/C25H18N4O3/c30-24-20-8-4-5-9-22(20)32-23-16-18(28-25(31)27-17-6-2-1-3-7-17)10-11-21(23)29(24)19-12-14-26-15-13-19/h1-16H,(H2,27,28,31). The summed E-state index contributed by atoms with van der Waals surface area (Å²) in [5, 5.41) is 5.59. The summed E-state index contributed by atoms with van der Waals surface area (Å²) >= 11 is 0. The predicted octanol–water partition coefficient (Wildman–Crippen LogP) is 5.81. The monoisotopic (exact) mass is 422 g/mol. The first-order chi connectivity index (χ1) is 15.7. The molecule has 0 radical (unpaired) electrons. The minimum Gasteiger partial charge on any atom is -0.454 e. The lowest BCUT2D eigenvalue weighted by atomic mass is 10.1. The zero-order valence-electron chi connectivity index (χ0n) is 16.9. The number of hydrogen-bond acceptors (Lipinski definition) is 4. The fraction of sp³-hybridized carbons (Fsp3) is 0. The molecule has 1 aliphatic rings. The highest BCUT2D eigenvalue weighted by Crippen LogP contribution is 2.43. The Kier molecular flexibility index (Phi) is 4.97. The highest BCUT2D eigenvalue weighted by molar-refractivity contribution is 6.14. The van der Waals surface area contributed by atoms with Crippen LogP contribution in [0.5, 0.6) is 11.5 Å². The van der Waals surface area contributed by atoms with E-state index in [-0.39, 0.29) is 11.9 Å². The van der Waals surface area contributed by atoms with Crippen molar-refractivity contribution in [3.8, 4) is 11.5 Å². The molecule has 0 bridgehead atoms. The molecule has 0 aliphatic carbocycles. The van der Waals surface area contributed by atoms with E-state index in [2.05, 4.69) is 15.6 Å². The van der Waals surface area contributed by atoms with Crippen molar-refractivity contribution in [2.75, 3.05) is 15.5 Å². The van der Waals surface area contributed by atoms with Crippen LogP contribution in [-0.4, -0.2) is 16.9 Å². The van der Waals surface area contributed by atoms with E-state index < -0.39 is 0 Å². The van der Waals surface area contributed by atoms with Crippen LogP contribution < -0.4 is 20.3 Å². The summed E-state index contributed by atoms with van der Waals surface area (Å²) < 4.78 is 6.12. The second-order valence-electron chi connectivity index (χ2n) is 7.07. The number of fused-ring (bicyclic) bond motifs is 2. The van der Waals surface area contributed by atoms with Gasteiger partial charge in [0, 0.05) is 29.8 Å². The fourth-order valence-electron chi connectivity index (χ4n) is 3.50. The van der Waals surface area contributed by atoms with Crippen molar-refractivity contribution in [1.29, 1.82) is 0 Å². The van der Waals surface area contributed by atoms with Crippen LogP contribution in [0.4, 0.5) is 27.5 Å². The molecule has 0 unspecified atom stereocenters. The average Bonchev–Trinajstić information content (AvgIpc) is 2.94. The van der Waals surface area contributed by atoms with Crippen LogP contribution in [0, 0.1) is 0 Å². The van der Waals surface area contributed by atoms with E-state index in [1.807, 2.05) is 24.3 Å². The topological polar surface area (TPSA) is 83.6 Å². The van der Waals surface area contributed by atoms with Crippen molar-refractivity contribution in [3.05, 3.63) is 103 Å². The van der Waals surface area contributed by atoms with Crippen LogP contribution in [-0.2, 0) is 0 Å². The van der Waals surface area contributed by atoms with Gasteiger partial charge in [-0.1, -0.05) is 30.3 Å². The molecule has 2 heterocycles. The fourth-order valence-corrected chi connectivity index (χ4v) is 3.50. The number of nitrogens with one attached hydrogen (secondary N) is 2. The van der Waals surface area contributed by atoms with E-state index in [1.165, 1.54) is 0 Å². The number of ether oxygens (including phenoxy) is 1. The van der Waals surface area contributed by atoms with Crippen LogP contribution in [0.25, 0.3) is 0 Å². The van der Waals surface area contributed by atoms with Crippen molar-refractivity contribution in [2.45, 2.75) is 0 Å². The number of anilines is 4. The second kappa shape index (κ2) is 8.23. The number of nitrogens with zero attached hydrogens (tertiary/aromatic N) is 2. The molecule has 0 spiro atoms. The number of benzene rings is 3. The largest absolute Gasteiger partial charge is 0.454 e. The Morgan fingerprint density at radius 2 is 1.50 bits per heavy atom. The summed E-state index contributed by atoms with van der Waals surface area (Å²) in [5.74, 6) is 0.673. The molecule has 1 aliphatic heterocycles. The molecule has 0 atom stereocenters. The highest BCUT2D eigenvalue weighted by Gasteiger charge is 2.29. The van der Waals surface area contributed by atoms with Crippen molar-refractivity contribution in [1.82, 2.24) is 4.98 Å². The van der Waals surface area contributed by atoms with E-state index in [4.69, 9.17) is 4.74 Å². The van der Waals surface area contributed by atoms with E-state index >= 15 is 0 Å². The quantitative estimate of drug-likeness (QED) is 0.436. The van der Waals surface area contributed by atoms with Gasteiger partial charge < -0.3 is 15.4 Å². The normalized spacial score (nSPS) is 12.1. The molecule has 3 amide bonds. The first-order valence-corrected chi connectivity index (χ1v) is 9.97. The summed E-state index contributed by atoms with van der Waals surface area (Å²) in [6.45, 7) is 0. The summed E-state index contributed by atoms with van der Waals surface area (Å²) in [6, 6.07) is 24.5. The zero-order valence-corrected chi connectivity index (χ0v) is 16.9. The van der Waals surface area contributed by atoms with E-state index in [0.717, 1.165) is 0 Å². The van der Waals surface area contributed by atoms with Gasteiger partial charge in [0.1, 0.15) is 5.75 Å². The summed E-state index contributed by atoms with van der Waals surface area (Å²) in [4.78, 5) is 31.5. The van der Waals surface area contributed by atoms with Crippen LogP contribution in [0.15, 0.2) is 97.3 Å². The lowest BCUT2D eigenvalue weighted by Gasteiger charge is -2.22. The number of urea groups is 1. The molecule has 3 aromatic carbocycles. The maximum absolute atomic E-state index is 13.4. The molecule has 156 valence electrons. The Hall–Kier alpha value is -4.65. The summed E-state index contributed by atoms with van der Waals surface area (Å²) in [5.41, 5.74) is 2.87. The van der Waals surface area contributed by atoms with Crippen molar-refractivity contribution in [3.63, 3.8) is 0 Å². The van der Waals surface area contributed by atoms with Crippen molar-refractivity contribution < 1.29 is 14.3 Å². The van der Waals surface area contributed by atoms with Crippen LogP contribution >= 0.6 is 0 Å². The van der Waals surface area contributed by atoms with Gasteiger partial charge in [0.25, 0.3) is 5.91 Å². The summed E-state index contributed by atoms with van der Waals surface area (Å²) in [7, 11) is 0. The molecule has 4 aromatic rings. The first-order valence-electron chi connectivity index (χ1n) is 9.97. The van der Waals surface area contributed by atoms with Gasteiger partial charge in [-0.3, -0.25) is 14.7 Å². The molecule has 2 N–H and O–H groups in total. The third-order valence-corrected chi connectivity index (χ3v) is 4.95. The van der Waals surface area contributed by atoms with Crippen LogP contribution in [0.3, 0.4) is 0 Å². The molecule has 0 saturated heterocycles. The third kappa shape index (κ3) is 3.75. The molecular weight excluding hydrogens is 404 g/mol. The number of pyridine rings is 1. The Morgan fingerprint density at radius 1 is 0.781 bits per heavy atom. The van der Waals surface area contributed by atoms with Gasteiger partial charge in [-0.15, -0.1) is 0 Å². The zero-order chi connectivity index (χ0) is 21.9. The Balaban J connectivity index is 1.51. The van der Waals surface area contributed by atoms with Gasteiger partial charge in [0.15, 0.2) is 5.75 Å². The summed E-state index contributed by atoms with van der Waals surface area (Å²) in [6.07, 6.45) is 3.26. The highest BCUT2D eigenvalue weighted by atomic mass is 16.5. The van der Waals surface area contributed by atoms with Crippen LogP contribution in [0.1, 0.15) is 10.4 Å². The lowest BCUT2D eigenvalue weighted by Crippen LogP contribution is -2.25. The third-order valence-electron chi connectivity index (χ3n) is 4.95. The number of rotatable bonds is 3. The van der Waals surface area contributed by atoms with Crippen molar-refractivity contribution in [2.24, 2.45) is 0 Å². The van der Waals surface area contributed by atoms with Gasteiger partial charge >= 0.3 is 6.03 Å². The van der Waals surface area contributed by atoms with Gasteiger partial charge in [-0.2, -0.15) is 0 Å². The van der Waals surface area contributed by atoms with Gasteiger partial charge in [-0.05, 0) is 48.5 Å². The maximum atomic E-state index is 13.4. The molecule has 7 heteroatoms. The number of carbonyl (C=O) groups excluding carboxylic acids is 2. The Labute approximate surface area is 184 Å². The van der Waals surface area contributed by atoms with Gasteiger partial charge in [-0.25, -0.2) is 4.79 Å². The second-order valence-corrected chi connectivity index (χ2v) is 7.07. The van der Waals surface area contributed by atoms with Crippen LogP contribution in [0.2, 0.25) is 0 Å². The number of aromatic nitrogens is 1. The van der Waals surface area contributed by atoms with Crippen molar-refractivity contribution >= 4 is 34.7 Å². The smallest absolute Gasteiger partial charge is 0.323 e. The average molecular weight is 422 g/mol. The number of amides is 3. The minimum absolute atomic E-state index is 0.215. The minimum atomic E-state index is -0.382. The van der Waals surface area contributed by atoms with E-state index in [9.17, 15) is 9.59 Å². The predicted molar refractivity (Wildman–Crippen MR) is 123 cm³/mol. The molecule has 0 fully saturated rings.